The highest BCUT2D eigenvalue weighted by Crippen LogP contribution is 2.28. The summed E-state index contributed by atoms with van der Waals surface area (Å²) in [5.41, 5.74) is 2.83. The van der Waals surface area contributed by atoms with Crippen molar-refractivity contribution in [2.45, 2.75) is 58.4 Å². The Hall–Kier alpha value is -2.94. The maximum Gasteiger partial charge on any atom is 0.278 e. The molecule has 0 saturated carbocycles. The van der Waals surface area contributed by atoms with Crippen LogP contribution >= 0.6 is 11.3 Å². The molecule has 1 fully saturated rings. The molecular formula is C25H31N5O3S. The summed E-state index contributed by atoms with van der Waals surface area (Å²) in [7, 11) is 0. The van der Waals surface area contributed by atoms with Crippen molar-refractivity contribution < 1.29 is 9.53 Å². The zero-order valence-corrected chi connectivity index (χ0v) is 20.4. The average Bonchev–Trinajstić information content (AvgIpc) is 3.31. The second-order valence-electron chi connectivity index (χ2n) is 9.10. The first-order chi connectivity index (χ1) is 16.6. The number of aryl methyl sites for hydroxylation is 1. The molecule has 3 aromatic rings. The van der Waals surface area contributed by atoms with Crippen LogP contribution in [0.25, 0.3) is 4.96 Å². The first-order valence-electron chi connectivity index (χ1n) is 12.3. The fraction of sp³-hybridized carbons (Fsp3) is 0.520. The predicted octanol–water partition coefficient (Wildman–Crippen LogP) is 3.35. The molecule has 0 unspecified atom stereocenters. The zero-order chi connectivity index (χ0) is 23.5. The third-order valence-corrected chi connectivity index (χ3v) is 7.64. The molecule has 0 radical (unpaired) electrons. The minimum atomic E-state index is -0.0126. The van der Waals surface area contributed by atoms with Gasteiger partial charge < -0.3 is 15.0 Å². The number of fused-ring (bicyclic) bond motifs is 2. The van der Waals surface area contributed by atoms with Gasteiger partial charge in [-0.1, -0.05) is 30.4 Å². The molecule has 0 bridgehead atoms. The number of amides is 1. The number of nitrogens with zero attached hydrogens (tertiary/aromatic N) is 4. The fourth-order valence-corrected chi connectivity index (χ4v) is 5.64. The predicted molar refractivity (Wildman–Crippen MR) is 133 cm³/mol. The molecule has 180 valence electrons. The number of anilines is 1. The van der Waals surface area contributed by atoms with Gasteiger partial charge in [0.25, 0.3) is 5.56 Å². The molecule has 0 spiro atoms. The van der Waals surface area contributed by atoms with Crippen LogP contribution in [-0.2, 0) is 24.2 Å². The highest BCUT2D eigenvalue weighted by Gasteiger charge is 2.27. The lowest BCUT2D eigenvalue weighted by atomic mass is 9.96. The molecule has 1 aliphatic heterocycles. The van der Waals surface area contributed by atoms with Gasteiger partial charge in [0.2, 0.25) is 16.0 Å². The number of nitrogens with one attached hydrogen (secondary N) is 1. The van der Waals surface area contributed by atoms with Crippen molar-refractivity contribution in [1.82, 2.24) is 19.9 Å². The molecule has 34 heavy (non-hydrogen) atoms. The normalized spacial score (nSPS) is 16.4. The van der Waals surface area contributed by atoms with E-state index in [0.717, 1.165) is 85.7 Å². The van der Waals surface area contributed by atoms with Gasteiger partial charge in [-0.2, -0.15) is 4.52 Å². The molecule has 1 amide bonds. The van der Waals surface area contributed by atoms with Crippen molar-refractivity contribution in [3.63, 3.8) is 0 Å². The number of carbonyl (C=O) groups excluding carboxylic acids is 1. The van der Waals surface area contributed by atoms with E-state index >= 15 is 0 Å². The second kappa shape index (κ2) is 10.1. The third kappa shape index (κ3) is 4.80. The van der Waals surface area contributed by atoms with E-state index in [1.165, 1.54) is 15.9 Å². The first-order valence-corrected chi connectivity index (χ1v) is 13.1. The van der Waals surface area contributed by atoms with Gasteiger partial charge in [-0.15, -0.1) is 5.10 Å². The minimum Gasteiger partial charge on any atom is -0.494 e. The van der Waals surface area contributed by atoms with Gasteiger partial charge in [0.05, 0.1) is 12.3 Å². The van der Waals surface area contributed by atoms with Gasteiger partial charge >= 0.3 is 0 Å². The summed E-state index contributed by atoms with van der Waals surface area (Å²) >= 11 is 1.47. The SMILES string of the molecule is CCCOc1ccc(CNC(=O)C2CCN(c3nn4c(=O)c5c(nc4s3)CCCC5)CC2)cc1. The Kier molecular flexibility index (Phi) is 6.80. The Balaban J connectivity index is 1.16. The molecule has 1 aliphatic carbocycles. The van der Waals surface area contributed by atoms with Crippen LogP contribution in [0, 0.1) is 5.92 Å². The maximum absolute atomic E-state index is 12.9. The van der Waals surface area contributed by atoms with Crippen molar-refractivity contribution in [3.05, 3.63) is 51.4 Å². The van der Waals surface area contributed by atoms with Crippen LogP contribution in [0.5, 0.6) is 5.75 Å². The summed E-state index contributed by atoms with van der Waals surface area (Å²) in [6.07, 6.45) is 6.33. The number of rotatable bonds is 7. The van der Waals surface area contributed by atoms with E-state index in [1.807, 2.05) is 24.3 Å². The number of benzene rings is 1. The lowest BCUT2D eigenvalue weighted by molar-refractivity contribution is -0.125. The molecule has 3 heterocycles. The molecule has 9 heteroatoms. The molecule has 1 N–H and O–H groups in total. The van der Waals surface area contributed by atoms with Crippen molar-refractivity contribution >= 4 is 27.3 Å². The number of ether oxygens (including phenoxy) is 1. The van der Waals surface area contributed by atoms with E-state index < -0.39 is 0 Å². The van der Waals surface area contributed by atoms with E-state index in [2.05, 4.69) is 22.2 Å². The maximum atomic E-state index is 12.9. The summed E-state index contributed by atoms with van der Waals surface area (Å²) in [6, 6.07) is 7.89. The van der Waals surface area contributed by atoms with E-state index in [4.69, 9.17) is 9.72 Å². The van der Waals surface area contributed by atoms with Gasteiger partial charge in [0.15, 0.2) is 0 Å². The van der Waals surface area contributed by atoms with Crippen LogP contribution in [0.4, 0.5) is 5.13 Å². The lowest BCUT2D eigenvalue weighted by Crippen LogP contribution is -2.40. The summed E-state index contributed by atoms with van der Waals surface area (Å²) in [5.74, 6) is 0.948. The molecule has 8 nitrogen and oxygen atoms in total. The number of hydrogen-bond donors (Lipinski definition) is 1. The highest BCUT2D eigenvalue weighted by molar-refractivity contribution is 7.20. The van der Waals surface area contributed by atoms with E-state index in [9.17, 15) is 9.59 Å². The highest BCUT2D eigenvalue weighted by atomic mass is 32.1. The van der Waals surface area contributed by atoms with Crippen molar-refractivity contribution in [2.24, 2.45) is 5.92 Å². The quantitative estimate of drug-likeness (QED) is 0.557. The minimum absolute atomic E-state index is 0.00838. The number of aromatic nitrogens is 3. The van der Waals surface area contributed by atoms with Crippen LogP contribution < -0.4 is 20.5 Å². The molecule has 0 atom stereocenters. The molecule has 5 rings (SSSR count). The molecular weight excluding hydrogens is 450 g/mol. The molecule has 2 aliphatic rings. The summed E-state index contributed by atoms with van der Waals surface area (Å²) in [5, 5.41) is 8.49. The van der Waals surface area contributed by atoms with Crippen LogP contribution in [0.2, 0.25) is 0 Å². The number of piperidine rings is 1. The topological polar surface area (TPSA) is 88.8 Å². The zero-order valence-electron chi connectivity index (χ0n) is 19.6. The van der Waals surface area contributed by atoms with Gasteiger partial charge in [0, 0.05) is 31.1 Å². The molecule has 1 saturated heterocycles. The summed E-state index contributed by atoms with van der Waals surface area (Å²) < 4.78 is 7.08. The second-order valence-corrected chi connectivity index (χ2v) is 10.0. The third-order valence-electron chi connectivity index (χ3n) is 6.67. The van der Waals surface area contributed by atoms with E-state index in [-0.39, 0.29) is 17.4 Å². The Morgan fingerprint density at radius 3 is 2.71 bits per heavy atom. The van der Waals surface area contributed by atoms with Crippen molar-refractivity contribution in [2.75, 3.05) is 24.6 Å². The summed E-state index contributed by atoms with van der Waals surface area (Å²) in [6.45, 7) is 4.80. The van der Waals surface area contributed by atoms with Gasteiger partial charge in [-0.3, -0.25) is 9.59 Å². The fourth-order valence-electron chi connectivity index (χ4n) is 4.68. The monoisotopic (exact) mass is 481 g/mol. The number of carbonyl (C=O) groups is 1. The van der Waals surface area contributed by atoms with Crippen molar-refractivity contribution in [3.8, 4) is 5.75 Å². The average molecular weight is 482 g/mol. The smallest absolute Gasteiger partial charge is 0.278 e. The van der Waals surface area contributed by atoms with Crippen LogP contribution in [0.15, 0.2) is 29.1 Å². The van der Waals surface area contributed by atoms with Gasteiger partial charge in [0.1, 0.15) is 5.75 Å². The van der Waals surface area contributed by atoms with Crippen LogP contribution in [0.1, 0.15) is 55.8 Å². The van der Waals surface area contributed by atoms with Crippen LogP contribution in [-0.4, -0.2) is 40.2 Å². The Morgan fingerprint density at radius 2 is 1.94 bits per heavy atom. The van der Waals surface area contributed by atoms with E-state index in [1.54, 1.807) is 0 Å². The Bertz CT molecular complexity index is 1210. The number of hydrogen-bond acceptors (Lipinski definition) is 7. The Morgan fingerprint density at radius 1 is 1.18 bits per heavy atom. The molecule has 1 aromatic carbocycles. The van der Waals surface area contributed by atoms with Crippen LogP contribution in [0.3, 0.4) is 0 Å². The van der Waals surface area contributed by atoms with Crippen molar-refractivity contribution in [1.29, 1.82) is 0 Å². The Labute approximate surface area is 203 Å². The molecule has 2 aromatic heterocycles. The first kappa shape index (κ1) is 22.8. The van der Waals surface area contributed by atoms with E-state index in [0.29, 0.717) is 18.1 Å². The summed E-state index contributed by atoms with van der Waals surface area (Å²) in [4.78, 5) is 33.2. The van der Waals surface area contributed by atoms with Gasteiger partial charge in [-0.05, 0) is 62.6 Å². The lowest BCUT2D eigenvalue weighted by Gasteiger charge is -2.30. The largest absolute Gasteiger partial charge is 0.494 e. The standard InChI is InChI=1S/C25H31N5O3S/c1-2-15-33-19-9-7-17(8-10-19)16-26-22(31)18-11-13-29(14-12-18)25-28-30-23(32)20-5-3-4-6-21(20)27-24(30)34-25/h7-10,18H,2-6,11-16H2,1H3,(H,26,31). The van der Waals surface area contributed by atoms with Gasteiger partial charge in [-0.25, -0.2) is 4.98 Å².